The molecule has 0 radical (unpaired) electrons. The Hall–Kier alpha value is -3.60. The van der Waals surface area contributed by atoms with E-state index in [9.17, 15) is 23.1 Å². The summed E-state index contributed by atoms with van der Waals surface area (Å²) in [6.07, 6.45) is 0.919. The van der Waals surface area contributed by atoms with Crippen molar-refractivity contribution < 1.29 is 36.9 Å². The maximum atomic E-state index is 16.0. The highest BCUT2D eigenvalue weighted by Gasteiger charge is 2.42. The second kappa shape index (κ2) is 12.3. The van der Waals surface area contributed by atoms with Crippen molar-refractivity contribution in [3.05, 3.63) is 59.5 Å². The van der Waals surface area contributed by atoms with Crippen LogP contribution in [0.25, 0.3) is 10.9 Å². The first kappa shape index (κ1) is 29.4. The van der Waals surface area contributed by atoms with Gasteiger partial charge in [-0.15, -0.1) is 0 Å². The number of piperidine rings is 1. The molecule has 0 saturated carbocycles. The smallest absolute Gasteiger partial charge is 0.309 e. The summed E-state index contributed by atoms with van der Waals surface area (Å²) < 4.78 is 67.2. The Bertz CT molecular complexity index is 1340. The third-order valence-corrected chi connectivity index (χ3v) is 7.65. The normalized spacial score (nSPS) is 16.1. The average molecular weight is 564 g/mol. The maximum absolute atomic E-state index is 16.0. The number of pyridine rings is 1. The summed E-state index contributed by atoms with van der Waals surface area (Å²) in [6, 6.07) is 6.36. The van der Waals surface area contributed by atoms with Gasteiger partial charge in [-0.25, -0.2) is 17.6 Å². The molecule has 1 atom stereocenters. The van der Waals surface area contributed by atoms with Crippen molar-refractivity contribution in [2.24, 2.45) is 5.41 Å². The molecule has 0 bridgehead atoms. The lowest BCUT2D eigenvalue weighted by atomic mass is 9.74. The molecule has 0 aliphatic carbocycles. The van der Waals surface area contributed by atoms with Gasteiger partial charge in [-0.1, -0.05) is 0 Å². The number of carbonyl (C=O) groups is 1. The lowest BCUT2D eigenvalue weighted by molar-refractivity contribution is -0.153. The monoisotopic (exact) mass is 563 g/mol. The summed E-state index contributed by atoms with van der Waals surface area (Å²) in [6.45, 7) is 1.05. The highest BCUT2D eigenvalue weighted by molar-refractivity contribution is 5.88. The van der Waals surface area contributed by atoms with Gasteiger partial charge >= 0.3 is 5.97 Å². The lowest BCUT2D eigenvalue weighted by Gasteiger charge is -2.39. The number of nitrogens with zero attached hydrogens (tertiary/aromatic N) is 3. The molecule has 1 aliphatic heterocycles. The van der Waals surface area contributed by atoms with E-state index in [0.29, 0.717) is 72.5 Å². The van der Waals surface area contributed by atoms with E-state index in [0.717, 1.165) is 0 Å². The third kappa shape index (κ3) is 6.24. The highest BCUT2D eigenvalue weighted by atomic mass is 19.1. The summed E-state index contributed by atoms with van der Waals surface area (Å²) in [5.74, 6) is -4.33. The molecule has 1 fully saturated rings. The van der Waals surface area contributed by atoms with Gasteiger partial charge in [0.15, 0.2) is 17.4 Å². The molecule has 1 N–H and O–H groups in total. The van der Waals surface area contributed by atoms with E-state index in [2.05, 4.69) is 4.98 Å². The van der Waals surface area contributed by atoms with Crippen LogP contribution in [-0.2, 0) is 4.79 Å². The van der Waals surface area contributed by atoms with Crippen LogP contribution in [0.15, 0.2) is 36.5 Å². The minimum absolute atomic E-state index is 0.00962. The van der Waals surface area contributed by atoms with Crippen LogP contribution in [0.4, 0.5) is 23.2 Å². The van der Waals surface area contributed by atoms with Crippen molar-refractivity contribution in [3.8, 4) is 11.5 Å². The molecule has 11 heteroatoms. The summed E-state index contributed by atoms with van der Waals surface area (Å²) in [5, 5.41) is 10.8. The first-order valence-electron chi connectivity index (χ1n) is 13.1. The fourth-order valence-corrected chi connectivity index (χ4v) is 5.26. The first-order valence-corrected chi connectivity index (χ1v) is 13.1. The Morgan fingerprint density at radius 1 is 1.15 bits per heavy atom. The molecule has 4 rings (SSSR count). The molecule has 1 aromatic heterocycles. The molecule has 40 heavy (non-hydrogen) atoms. The first-order chi connectivity index (χ1) is 19.0. The number of hydrogen-bond acceptors (Lipinski definition) is 6. The number of ether oxygens (including phenoxy) is 2. The Morgan fingerprint density at radius 3 is 2.42 bits per heavy atom. The van der Waals surface area contributed by atoms with Gasteiger partial charge < -0.3 is 19.5 Å². The topological polar surface area (TPSA) is 75.1 Å². The van der Waals surface area contributed by atoms with E-state index in [1.807, 2.05) is 4.90 Å². The van der Waals surface area contributed by atoms with E-state index in [4.69, 9.17) is 9.47 Å². The molecule has 216 valence electrons. The summed E-state index contributed by atoms with van der Waals surface area (Å²) in [7, 11) is 5.14. The van der Waals surface area contributed by atoms with Crippen LogP contribution >= 0.6 is 0 Å². The molecule has 7 nitrogen and oxygen atoms in total. The Kier molecular flexibility index (Phi) is 9.02. The van der Waals surface area contributed by atoms with Gasteiger partial charge in [0, 0.05) is 43.7 Å². The number of carboxylic acid groups (broad SMARTS) is 1. The number of likely N-dealkylation sites (tertiary alicyclic amines) is 1. The fraction of sp³-hybridized carbons (Fsp3) is 0.448. The van der Waals surface area contributed by atoms with Gasteiger partial charge in [0.2, 0.25) is 0 Å². The Labute approximate surface area is 230 Å². The number of carboxylic acids is 1. The van der Waals surface area contributed by atoms with Crippen molar-refractivity contribution in [2.45, 2.75) is 31.9 Å². The minimum Gasteiger partial charge on any atom is -0.497 e. The molecule has 2 aromatic carbocycles. The molecule has 2 heterocycles. The van der Waals surface area contributed by atoms with Crippen LogP contribution < -0.4 is 14.4 Å². The quantitative estimate of drug-likeness (QED) is 0.297. The molecule has 0 unspecified atom stereocenters. The van der Waals surface area contributed by atoms with E-state index in [1.54, 1.807) is 43.4 Å². The van der Waals surface area contributed by atoms with Crippen LogP contribution in [0.1, 0.15) is 37.4 Å². The number of anilines is 1. The fourth-order valence-electron chi connectivity index (χ4n) is 5.26. The second-order valence-corrected chi connectivity index (χ2v) is 10.3. The van der Waals surface area contributed by atoms with Crippen molar-refractivity contribution >= 4 is 22.6 Å². The minimum atomic E-state index is -1.43. The number of methoxy groups -OCH3 is 1. The summed E-state index contributed by atoms with van der Waals surface area (Å²) in [5.41, 5.74) is 0.578. The van der Waals surface area contributed by atoms with Gasteiger partial charge in [-0.3, -0.25) is 14.7 Å². The molecule has 3 aromatic rings. The predicted octanol–water partition coefficient (Wildman–Crippen LogP) is 5.76. The van der Waals surface area contributed by atoms with Gasteiger partial charge in [-0.05, 0) is 57.0 Å². The maximum Gasteiger partial charge on any atom is 0.309 e. The number of fused-ring (bicyclic) bond motifs is 1. The van der Waals surface area contributed by atoms with Crippen molar-refractivity contribution in [3.63, 3.8) is 0 Å². The van der Waals surface area contributed by atoms with Crippen LogP contribution in [0.3, 0.4) is 0 Å². The number of benzene rings is 2. The number of aliphatic carboxylic acids is 1. The molecule has 1 aliphatic rings. The van der Waals surface area contributed by atoms with E-state index in [1.165, 1.54) is 7.11 Å². The van der Waals surface area contributed by atoms with Gasteiger partial charge in [0.05, 0.1) is 29.9 Å². The van der Waals surface area contributed by atoms with Gasteiger partial charge in [0.1, 0.15) is 24.3 Å². The number of halogens is 4. The third-order valence-electron chi connectivity index (χ3n) is 7.65. The lowest BCUT2D eigenvalue weighted by Crippen LogP contribution is -2.45. The number of hydrogen-bond donors (Lipinski definition) is 1. The molecule has 0 spiro atoms. The zero-order valence-corrected chi connectivity index (χ0v) is 22.7. The summed E-state index contributed by atoms with van der Waals surface area (Å²) in [4.78, 5) is 20.6. The zero-order valence-electron chi connectivity index (χ0n) is 22.7. The SMILES string of the molecule is COc1ccc2ncc(N(C)C)c([C@@H](F)CCC3(C(=O)O)CCN(CCOc4c(F)cc(F)cc4F)CC3)c2c1. The van der Waals surface area contributed by atoms with Crippen molar-refractivity contribution in [1.29, 1.82) is 0 Å². The van der Waals surface area contributed by atoms with Crippen molar-refractivity contribution in [1.82, 2.24) is 9.88 Å². The van der Waals surface area contributed by atoms with E-state index >= 15 is 4.39 Å². The number of rotatable bonds is 11. The van der Waals surface area contributed by atoms with E-state index < -0.39 is 40.8 Å². The molecular formula is C29H33F4N3O4. The largest absolute Gasteiger partial charge is 0.497 e. The highest BCUT2D eigenvalue weighted by Crippen LogP contribution is 2.43. The molecule has 1 saturated heterocycles. The predicted molar refractivity (Wildman–Crippen MR) is 143 cm³/mol. The molecule has 0 amide bonds. The zero-order chi connectivity index (χ0) is 29.0. The van der Waals surface area contributed by atoms with E-state index in [-0.39, 0.29) is 19.4 Å². The Balaban J connectivity index is 1.41. The van der Waals surface area contributed by atoms with Crippen LogP contribution in [-0.4, -0.2) is 68.4 Å². The number of alkyl halides is 1. The van der Waals surface area contributed by atoms with Crippen LogP contribution in [0, 0.1) is 22.9 Å². The van der Waals surface area contributed by atoms with Gasteiger partial charge in [-0.2, -0.15) is 0 Å². The Morgan fingerprint density at radius 2 is 1.82 bits per heavy atom. The molecular weight excluding hydrogens is 530 g/mol. The second-order valence-electron chi connectivity index (χ2n) is 10.3. The van der Waals surface area contributed by atoms with Crippen molar-refractivity contribution in [2.75, 3.05) is 52.3 Å². The summed E-state index contributed by atoms with van der Waals surface area (Å²) >= 11 is 0. The standard InChI is InChI=1S/C29H33F4N3O4/c1-35(2)25-17-34-24-5-4-19(39-3)16-20(24)26(25)21(31)6-7-29(28(37)38)8-10-36(11-9-29)12-13-40-27-22(32)14-18(30)15-23(27)33/h4-5,14-17,21H,6-13H2,1-3H3,(H,37,38)/t21-/m0/s1. The average Bonchev–Trinajstić information content (AvgIpc) is 2.92. The van der Waals surface area contributed by atoms with Crippen LogP contribution in [0.2, 0.25) is 0 Å². The number of aromatic nitrogens is 1. The van der Waals surface area contributed by atoms with Gasteiger partial charge in [0.25, 0.3) is 0 Å². The van der Waals surface area contributed by atoms with Crippen LogP contribution in [0.5, 0.6) is 11.5 Å².